The van der Waals surface area contributed by atoms with Crippen molar-refractivity contribution in [2.75, 3.05) is 13.2 Å². The van der Waals surface area contributed by atoms with E-state index in [4.69, 9.17) is 0 Å². The van der Waals surface area contributed by atoms with Crippen LogP contribution in [0.25, 0.3) is 0 Å². The monoisotopic (exact) mass is 1030 g/mol. The largest absolute Gasteiger partial charge is 0.478 e. The van der Waals surface area contributed by atoms with Crippen molar-refractivity contribution in [3.63, 3.8) is 0 Å². The molecule has 35 nitrogen and oxygen atoms in total. The lowest BCUT2D eigenvalue weighted by molar-refractivity contribution is 0.0338. The Hall–Kier alpha value is -11.5. The van der Waals surface area contributed by atoms with Gasteiger partial charge in [0.15, 0.2) is 0 Å². The highest BCUT2D eigenvalue weighted by Crippen LogP contribution is 2.36. The van der Waals surface area contributed by atoms with E-state index in [1.165, 1.54) is 0 Å². The number of benzene rings is 3. The lowest BCUT2D eigenvalue weighted by atomic mass is 9.85. The van der Waals surface area contributed by atoms with E-state index in [1.54, 1.807) is 0 Å². The minimum absolute atomic E-state index is 1.33. The summed E-state index contributed by atoms with van der Waals surface area (Å²) >= 11 is 0. The standard InChI is InChI=1S/C38H18O35/c39-1-2-71-34(66)18-14(32(62)63)9(27(52)53)15(33(64)65)19(37(69)72-35(67)16-10(28(54)55)5(23(44)45)3(21(40)41)6(24(46)47)11(16)29(56)57)20(18)38(70)73-36(68)17-12(30(58)59)7(25(48)49)4(22(42)43)8(26(50)51)13(17)31(60)61/h39H,1-2H2,(H,40,41)(H,42,43)(H,44,45)(H,46,47)(H,48,49)(H,50,51)(H,52,53)(H,54,55)(H,56,57)(H,58,59)(H,60,61)(H,62,63)(H,64,65). The van der Waals surface area contributed by atoms with Gasteiger partial charge in [-0.05, 0) is 0 Å². The highest BCUT2D eigenvalue weighted by atomic mass is 16.6. The third-order valence-electron chi connectivity index (χ3n) is 9.00. The third-order valence-corrected chi connectivity index (χ3v) is 9.00. The van der Waals surface area contributed by atoms with Crippen molar-refractivity contribution in [1.29, 1.82) is 0 Å². The molecule has 14 N–H and O–H groups in total. The molecule has 0 radical (unpaired) electrons. The second-order valence-electron chi connectivity index (χ2n) is 12.9. The summed E-state index contributed by atoms with van der Waals surface area (Å²) < 4.78 is 13.0. The Balaban J connectivity index is 2.82. The van der Waals surface area contributed by atoms with Gasteiger partial charge in [0.2, 0.25) is 0 Å². The highest BCUT2D eigenvalue weighted by molar-refractivity contribution is 6.29. The highest BCUT2D eigenvalue weighted by Gasteiger charge is 2.47. The first kappa shape index (κ1) is 55.8. The van der Waals surface area contributed by atoms with Gasteiger partial charge >= 0.3 is 107 Å². The summed E-state index contributed by atoms with van der Waals surface area (Å²) in [7, 11) is 0. The summed E-state index contributed by atoms with van der Waals surface area (Å²) in [6.07, 6.45) is 0. The predicted octanol–water partition coefficient (Wildman–Crippen LogP) is -1.09. The first-order chi connectivity index (χ1) is 33.6. The maximum atomic E-state index is 14.3. The molecule has 0 saturated heterocycles. The van der Waals surface area contributed by atoms with Gasteiger partial charge in [-0.25, -0.2) is 86.3 Å². The van der Waals surface area contributed by atoms with Crippen molar-refractivity contribution < 1.29 is 172 Å². The Labute approximate surface area is 392 Å². The van der Waals surface area contributed by atoms with Crippen LogP contribution in [0.4, 0.5) is 0 Å². The number of carboxylic acid groups (broad SMARTS) is 13. The van der Waals surface area contributed by atoms with Crippen molar-refractivity contribution in [2.24, 2.45) is 0 Å². The van der Waals surface area contributed by atoms with Crippen LogP contribution in [0.15, 0.2) is 0 Å². The van der Waals surface area contributed by atoms with Crippen LogP contribution in [-0.4, -0.2) is 192 Å². The molecule has 0 atom stereocenters. The van der Waals surface area contributed by atoms with Crippen LogP contribution >= 0.6 is 0 Å². The number of hydrogen-bond acceptors (Lipinski definition) is 22. The van der Waals surface area contributed by atoms with Crippen molar-refractivity contribution in [3.8, 4) is 0 Å². The Morgan fingerprint density at radius 2 is 0.342 bits per heavy atom. The fourth-order valence-electron chi connectivity index (χ4n) is 6.63. The molecule has 0 spiro atoms. The number of esters is 5. The van der Waals surface area contributed by atoms with E-state index >= 15 is 0 Å². The normalized spacial score (nSPS) is 10.4. The summed E-state index contributed by atoms with van der Waals surface area (Å²) in [4.78, 5) is 231. The van der Waals surface area contributed by atoms with Crippen LogP contribution < -0.4 is 0 Å². The number of rotatable bonds is 20. The zero-order valence-corrected chi connectivity index (χ0v) is 34.2. The van der Waals surface area contributed by atoms with Crippen molar-refractivity contribution >= 4 is 107 Å². The molecule has 0 aromatic heterocycles. The zero-order chi connectivity index (χ0) is 56.3. The van der Waals surface area contributed by atoms with Crippen LogP contribution in [0, 0.1) is 0 Å². The van der Waals surface area contributed by atoms with Gasteiger partial charge in [-0.2, -0.15) is 0 Å². The molecule has 35 heteroatoms. The average Bonchev–Trinajstić information content (AvgIpc) is 3.26. The number of aromatic carboxylic acids is 13. The van der Waals surface area contributed by atoms with Crippen molar-refractivity contribution in [1.82, 2.24) is 0 Å². The summed E-state index contributed by atoms with van der Waals surface area (Å²) in [5.74, 6) is -52.2. The van der Waals surface area contributed by atoms with E-state index in [2.05, 4.69) is 14.2 Å². The molecule has 0 amide bonds. The van der Waals surface area contributed by atoms with Gasteiger partial charge in [0.05, 0.1) is 107 Å². The summed E-state index contributed by atoms with van der Waals surface area (Å²) in [5, 5.41) is 138. The molecular weight excluding hydrogens is 1020 g/mol. The molecule has 0 aliphatic carbocycles. The number of carboxylic acids is 13. The van der Waals surface area contributed by atoms with E-state index < -0.39 is 221 Å². The summed E-state index contributed by atoms with van der Waals surface area (Å²) in [6.45, 7) is -2.73. The smallest absolute Gasteiger partial charge is 0.347 e. The molecule has 3 rings (SSSR count). The number of hydrogen-bond donors (Lipinski definition) is 14. The molecule has 73 heavy (non-hydrogen) atoms. The Morgan fingerprint density at radius 3 is 0.493 bits per heavy atom. The first-order valence-electron chi connectivity index (χ1n) is 17.7. The molecule has 0 unspecified atom stereocenters. The van der Waals surface area contributed by atoms with Gasteiger partial charge in [-0.3, -0.25) is 0 Å². The second kappa shape index (κ2) is 20.8. The maximum absolute atomic E-state index is 14.3. The zero-order valence-electron chi connectivity index (χ0n) is 34.2. The molecular formula is C38H18O35. The van der Waals surface area contributed by atoms with Gasteiger partial charge in [0.25, 0.3) is 0 Å². The van der Waals surface area contributed by atoms with Crippen LogP contribution in [0.2, 0.25) is 0 Å². The number of carbonyl (C=O) groups is 18. The van der Waals surface area contributed by atoms with E-state index in [0.717, 1.165) is 0 Å². The van der Waals surface area contributed by atoms with Gasteiger partial charge in [-0.1, -0.05) is 0 Å². The van der Waals surface area contributed by atoms with Crippen molar-refractivity contribution in [2.45, 2.75) is 0 Å². The minimum Gasteiger partial charge on any atom is -0.478 e. The lowest BCUT2D eigenvalue weighted by Crippen LogP contribution is -2.33. The van der Waals surface area contributed by atoms with E-state index in [-0.39, 0.29) is 0 Å². The number of ether oxygens (including phenoxy) is 3. The fraction of sp³-hybridized carbons (Fsp3) is 0.0526. The summed E-state index contributed by atoms with van der Waals surface area (Å²) in [6, 6.07) is 0. The summed E-state index contributed by atoms with van der Waals surface area (Å²) in [5.41, 5.74) is -43.3. The molecule has 0 saturated carbocycles. The molecule has 0 aliphatic rings. The first-order valence-corrected chi connectivity index (χ1v) is 17.7. The molecule has 3 aromatic rings. The van der Waals surface area contributed by atoms with Crippen LogP contribution in [0.3, 0.4) is 0 Å². The quantitative estimate of drug-likeness (QED) is 0.0363. The van der Waals surface area contributed by atoms with Gasteiger partial charge in [0, 0.05) is 0 Å². The SMILES string of the molecule is O=C(O)c1c(C(=O)O)c(C(=O)O)c(C(=O)OC(=O)c2c(C(=O)O)c(C(=O)O)c(C(=O)O)c(C(=O)OCCO)c2C(=O)OC(=O)c2c(C(=O)O)c(C(=O)O)c(C(=O)O)c(C(=O)O)c2C(=O)O)c(C(=O)O)c1C(=O)O. The van der Waals surface area contributed by atoms with Gasteiger partial charge < -0.3 is 85.7 Å². The topological polar surface area (TPSA) is 618 Å². The number of carbonyl (C=O) groups excluding carboxylic acids is 5. The molecule has 0 heterocycles. The molecule has 380 valence electrons. The van der Waals surface area contributed by atoms with Gasteiger partial charge in [0.1, 0.15) is 6.61 Å². The average molecular weight is 1030 g/mol. The third kappa shape index (κ3) is 9.91. The molecule has 0 fully saturated rings. The second-order valence-corrected chi connectivity index (χ2v) is 12.9. The Kier molecular flexibility index (Phi) is 15.9. The van der Waals surface area contributed by atoms with E-state index in [1.807, 2.05) is 0 Å². The van der Waals surface area contributed by atoms with Crippen LogP contribution in [0.1, 0.15) is 186 Å². The minimum atomic E-state index is -3.19. The Morgan fingerprint density at radius 1 is 0.219 bits per heavy atom. The lowest BCUT2D eigenvalue weighted by Gasteiger charge is -2.21. The molecule has 0 aliphatic heterocycles. The van der Waals surface area contributed by atoms with E-state index in [9.17, 15) is 158 Å². The van der Waals surface area contributed by atoms with Crippen LogP contribution in [0.5, 0.6) is 0 Å². The van der Waals surface area contributed by atoms with Crippen molar-refractivity contribution in [3.05, 3.63) is 100 Å². The van der Waals surface area contributed by atoms with Gasteiger partial charge in [-0.15, -0.1) is 0 Å². The number of aliphatic hydroxyl groups is 1. The number of aliphatic hydroxyl groups excluding tert-OH is 1. The van der Waals surface area contributed by atoms with Crippen LogP contribution in [-0.2, 0) is 14.2 Å². The fourth-order valence-corrected chi connectivity index (χ4v) is 6.63. The Bertz CT molecular complexity index is 3140. The molecule has 3 aromatic carbocycles. The predicted molar refractivity (Wildman–Crippen MR) is 207 cm³/mol. The van der Waals surface area contributed by atoms with E-state index in [0.29, 0.717) is 0 Å². The molecule has 0 bridgehead atoms. The maximum Gasteiger partial charge on any atom is 0.347 e.